The molecular weight excluding hydrogens is 403 g/mol. The number of ketones is 1. The number of piperazine rings is 1. The third-order valence-electron chi connectivity index (χ3n) is 5.99. The number of piperidine rings is 1. The number of alkyl halides is 3. The van der Waals surface area contributed by atoms with E-state index in [9.17, 15) is 18.0 Å². The molecule has 0 unspecified atom stereocenters. The van der Waals surface area contributed by atoms with Crippen LogP contribution in [0.15, 0.2) is 18.2 Å². The topological polar surface area (TPSA) is 26.8 Å². The van der Waals surface area contributed by atoms with E-state index in [2.05, 4.69) is 9.80 Å². The van der Waals surface area contributed by atoms with Gasteiger partial charge in [0.15, 0.2) is 0 Å². The van der Waals surface area contributed by atoms with Crippen molar-refractivity contribution in [1.82, 2.24) is 9.80 Å². The van der Waals surface area contributed by atoms with Crippen LogP contribution in [0, 0.1) is 5.92 Å². The fourth-order valence-electron chi connectivity index (χ4n) is 4.26. The molecule has 0 radical (unpaired) electrons. The van der Waals surface area contributed by atoms with Crippen LogP contribution in [0.1, 0.15) is 31.7 Å². The summed E-state index contributed by atoms with van der Waals surface area (Å²) in [6.45, 7) is 8.21. The third-order valence-corrected chi connectivity index (χ3v) is 6.31. The number of anilines is 1. The van der Waals surface area contributed by atoms with Gasteiger partial charge in [0, 0.05) is 26.2 Å². The SMILES string of the molecule is CC(=O)CN1CCC(CCN2CCN(c3cc(C(F)(F)F)ccc3Cl)CC2)CC1. The zero-order valence-electron chi connectivity index (χ0n) is 16.8. The normalized spacial score (nSPS) is 20.2. The van der Waals surface area contributed by atoms with Gasteiger partial charge >= 0.3 is 6.18 Å². The smallest absolute Gasteiger partial charge is 0.368 e. The van der Waals surface area contributed by atoms with Gasteiger partial charge in [0.25, 0.3) is 0 Å². The molecule has 2 heterocycles. The highest BCUT2D eigenvalue weighted by atomic mass is 35.5. The second-order valence-corrected chi connectivity index (χ2v) is 8.61. The highest BCUT2D eigenvalue weighted by Gasteiger charge is 2.32. The Kier molecular flexibility index (Phi) is 7.46. The van der Waals surface area contributed by atoms with Crippen molar-refractivity contribution >= 4 is 23.1 Å². The Balaban J connectivity index is 1.44. The molecule has 3 rings (SSSR count). The third kappa shape index (κ3) is 6.33. The minimum Gasteiger partial charge on any atom is -0.368 e. The summed E-state index contributed by atoms with van der Waals surface area (Å²) < 4.78 is 39.0. The van der Waals surface area contributed by atoms with Gasteiger partial charge < -0.3 is 4.90 Å². The van der Waals surface area contributed by atoms with Gasteiger partial charge in [0.2, 0.25) is 0 Å². The van der Waals surface area contributed by atoms with Crippen molar-refractivity contribution in [3.8, 4) is 0 Å². The van der Waals surface area contributed by atoms with Gasteiger partial charge in [-0.3, -0.25) is 14.6 Å². The Labute approximate surface area is 175 Å². The van der Waals surface area contributed by atoms with Crippen LogP contribution in [0.5, 0.6) is 0 Å². The van der Waals surface area contributed by atoms with Crippen LogP contribution in [0.2, 0.25) is 5.02 Å². The molecule has 2 fully saturated rings. The van der Waals surface area contributed by atoms with Gasteiger partial charge in [-0.15, -0.1) is 0 Å². The van der Waals surface area contributed by atoms with E-state index in [0.29, 0.717) is 36.3 Å². The lowest BCUT2D eigenvalue weighted by Gasteiger charge is -2.38. The number of nitrogens with zero attached hydrogens (tertiary/aromatic N) is 3. The number of carbonyl (C=O) groups is 1. The average Bonchev–Trinajstić information content (AvgIpc) is 2.67. The van der Waals surface area contributed by atoms with Crippen molar-refractivity contribution in [3.05, 3.63) is 28.8 Å². The minimum absolute atomic E-state index is 0.224. The van der Waals surface area contributed by atoms with Crippen LogP contribution in [0.3, 0.4) is 0 Å². The summed E-state index contributed by atoms with van der Waals surface area (Å²) >= 11 is 6.17. The number of Topliss-reactive ketones (excluding diaryl/α,β-unsaturated/α-hetero) is 1. The van der Waals surface area contributed by atoms with E-state index < -0.39 is 11.7 Å². The first-order valence-corrected chi connectivity index (χ1v) is 10.7. The average molecular weight is 432 g/mol. The van der Waals surface area contributed by atoms with Gasteiger partial charge in [-0.2, -0.15) is 13.2 Å². The van der Waals surface area contributed by atoms with E-state index >= 15 is 0 Å². The van der Waals surface area contributed by atoms with Crippen molar-refractivity contribution in [3.63, 3.8) is 0 Å². The molecule has 0 spiro atoms. The van der Waals surface area contributed by atoms with Crippen LogP contribution in [-0.4, -0.2) is 67.9 Å². The van der Waals surface area contributed by atoms with Crippen molar-refractivity contribution in [1.29, 1.82) is 0 Å². The predicted molar refractivity (Wildman–Crippen MR) is 110 cm³/mol. The van der Waals surface area contributed by atoms with E-state index in [0.717, 1.165) is 64.1 Å². The molecular formula is C21H29ClF3N3O. The molecule has 2 aliphatic rings. The first-order chi connectivity index (χ1) is 13.7. The zero-order chi connectivity index (χ0) is 21.0. The number of rotatable bonds is 6. The van der Waals surface area contributed by atoms with Gasteiger partial charge in [-0.25, -0.2) is 0 Å². The van der Waals surface area contributed by atoms with Gasteiger partial charge in [0.05, 0.1) is 22.8 Å². The molecule has 4 nitrogen and oxygen atoms in total. The number of hydrogen-bond donors (Lipinski definition) is 0. The zero-order valence-corrected chi connectivity index (χ0v) is 17.6. The molecule has 0 saturated carbocycles. The minimum atomic E-state index is -4.36. The molecule has 2 aliphatic heterocycles. The predicted octanol–water partition coefficient (Wildman–Crippen LogP) is 4.17. The maximum absolute atomic E-state index is 13.0. The number of carbonyl (C=O) groups excluding carboxylic acids is 1. The lowest BCUT2D eigenvalue weighted by molar-refractivity contribution is -0.137. The van der Waals surface area contributed by atoms with Crippen LogP contribution in [0.25, 0.3) is 0 Å². The van der Waals surface area contributed by atoms with Crippen LogP contribution in [-0.2, 0) is 11.0 Å². The lowest BCUT2D eigenvalue weighted by Crippen LogP contribution is -2.47. The molecule has 0 aliphatic carbocycles. The molecule has 0 atom stereocenters. The van der Waals surface area contributed by atoms with E-state index in [1.54, 1.807) is 6.92 Å². The van der Waals surface area contributed by atoms with Crippen LogP contribution < -0.4 is 4.90 Å². The second-order valence-electron chi connectivity index (χ2n) is 8.20. The first kappa shape index (κ1) is 22.4. The summed E-state index contributed by atoms with van der Waals surface area (Å²) in [5.74, 6) is 0.913. The summed E-state index contributed by atoms with van der Waals surface area (Å²) in [6, 6.07) is 3.53. The maximum atomic E-state index is 13.0. The Hall–Kier alpha value is -1.31. The Morgan fingerprint density at radius 3 is 2.31 bits per heavy atom. The molecule has 29 heavy (non-hydrogen) atoms. The quantitative estimate of drug-likeness (QED) is 0.675. The Morgan fingerprint density at radius 1 is 1.07 bits per heavy atom. The monoisotopic (exact) mass is 431 g/mol. The summed E-state index contributed by atoms with van der Waals surface area (Å²) in [6.07, 6.45) is -0.959. The maximum Gasteiger partial charge on any atom is 0.416 e. The fraction of sp³-hybridized carbons (Fsp3) is 0.667. The van der Waals surface area contributed by atoms with Crippen molar-refractivity contribution in [2.24, 2.45) is 5.92 Å². The van der Waals surface area contributed by atoms with Crippen LogP contribution >= 0.6 is 11.6 Å². The van der Waals surface area contributed by atoms with Gasteiger partial charge in [0.1, 0.15) is 5.78 Å². The van der Waals surface area contributed by atoms with Crippen molar-refractivity contribution in [2.75, 3.05) is 57.3 Å². The number of benzene rings is 1. The second kappa shape index (κ2) is 9.67. The van der Waals surface area contributed by atoms with E-state index in [1.165, 1.54) is 6.07 Å². The Bertz CT molecular complexity index is 697. The lowest BCUT2D eigenvalue weighted by atomic mass is 9.93. The molecule has 1 aromatic rings. The molecule has 0 bridgehead atoms. The van der Waals surface area contributed by atoms with Crippen molar-refractivity contribution < 1.29 is 18.0 Å². The summed E-state index contributed by atoms with van der Waals surface area (Å²) in [7, 11) is 0. The number of hydrogen-bond acceptors (Lipinski definition) is 4. The Morgan fingerprint density at radius 2 is 1.72 bits per heavy atom. The number of likely N-dealkylation sites (tertiary alicyclic amines) is 1. The van der Waals surface area contributed by atoms with Crippen molar-refractivity contribution in [2.45, 2.75) is 32.4 Å². The molecule has 0 amide bonds. The molecule has 2 saturated heterocycles. The van der Waals surface area contributed by atoms with Crippen LogP contribution in [0.4, 0.5) is 18.9 Å². The number of halogens is 4. The molecule has 8 heteroatoms. The molecule has 162 valence electrons. The van der Waals surface area contributed by atoms with Gasteiger partial charge in [-0.05, 0) is 69.9 Å². The standard InChI is InChI=1S/C21H29ClF3N3O/c1-16(29)15-27-8-5-17(6-9-27)4-7-26-10-12-28(13-11-26)20-14-18(21(23,24)25)2-3-19(20)22/h2-3,14,17H,4-13,15H2,1H3. The molecule has 0 N–H and O–H groups in total. The summed E-state index contributed by atoms with van der Waals surface area (Å²) in [4.78, 5) is 17.8. The highest BCUT2D eigenvalue weighted by molar-refractivity contribution is 6.33. The van der Waals surface area contributed by atoms with Gasteiger partial charge in [-0.1, -0.05) is 11.6 Å². The molecule has 0 aromatic heterocycles. The van der Waals surface area contributed by atoms with E-state index in [4.69, 9.17) is 11.6 Å². The first-order valence-electron chi connectivity index (χ1n) is 10.3. The fourth-order valence-corrected chi connectivity index (χ4v) is 4.49. The van der Waals surface area contributed by atoms with E-state index in [-0.39, 0.29) is 5.78 Å². The molecule has 1 aromatic carbocycles. The summed E-state index contributed by atoms with van der Waals surface area (Å²) in [5.41, 5.74) is -0.186. The highest BCUT2D eigenvalue weighted by Crippen LogP contribution is 2.35. The largest absolute Gasteiger partial charge is 0.416 e. The van der Waals surface area contributed by atoms with E-state index in [1.807, 2.05) is 4.90 Å². The summed E-state index contributed by atoms with van der Waals surface area (Å²) in [5, 5.41) is 0.365.